The standard InChI is InChI=1S/C9H9F6N5/c10-8(11,12)6-17-4(3-5(18-6)20-16)19-7(1-2-7)9(13,14)15/h3H,1-2,16H2,(H2,17,18,19,20). The van der Waals surface area contributed by atoms with E-state index < -0.39 is 35.4 Å². The van der Waals surface area contributed by atoms with E-state index in [9.17, 15) is 26.3 Å². The van der Waals surface area contributed by atoms with Gasteiger partial charge in [-0.25, -0.2) is 15.8 Å². The van der Waals surface area contributed by atoms with Gasteiger partial charge in [0.15, 0.2) is 0 Å². The number of nitrogens with two attached hydrogens (primary N) is 1. The molecule has 0 spiro atoms. The van der Waals surface area contributed by atoms with Gasteiger partial charge in [-0.05, 0) is 12.8 Å². The van der Waals surface area contributed by atoms with Crippen LogP contribution in [0.25, 0.3) is 0 Å². The molecule has 5 nitrogen and oxygen atoms in total. The minimum Gasteiger partial charge on any atom is -0.356 e. The molecule has 0 amide bonds. The molecule has 0 bridgehead atoms. The lowest BCUT2D eigenvalue weighted by Gasteiger charge is -2.22. The summed E-state index contributed by atoms with van der Waals surface area (Å²) < 4.78 is 75.8. The molecular weight excluding hydrogens is 292 g/mol. The fourth-order valence-electron chi connectivity index (χ4n) is 1.56. The highest BCUT2D eigenvalue weighted by molar-refractivity contribution is 5.50. The lowest BCUT2D eigenvalue weighted by Crippen LogP contribution is -2.39. The molecule has 11 heteroatoms. The van der Waals surface area contributed by atoms with Crippen molar-refractivity contribution in [1.82, 2.24) is 9.97 Å². The first-order valence-corrected chi connectivity index (χ1v) is 5.35. The predicted molar refractivity (Wildman–Crippen MR) is 56.5 cm³/mol. The number of nitrogens with one attached hydrogen (secondary N) is 2. The van der Waals surface area contributed by atoms with E-state index in [1.165, 1.54) is 0 Å². The van der Waals surface area contributed by atoms with E-state index in [-0.39, 0.29) is 12.8 Å². The van der Waals surface area contributed by atoms with Crippen LogP contribution in [-0.4, -0.2) is 21.7 Å². The molecule has 112 valence electrons. The first-order valence-electron chi connectivity index (χ1n) is 5.35. The van der Waals surface area contributed by atoms with Crippen molar-refractivity contribution in [3.8, 4) is 0 Å². The van der Waals surface area contributed by atoms with Gasteiger partial charge in [-0.2, -0.15) is 26.3 Å². The van der Waals surface area contributed by atoms with E-state index in [0.29, 0.717) is 0 Å². The minimum atomic E-state index is -4.89. The summed E-state index contributed by atoms with van der Waals surface area (Å²) in [5.74, 6) is 2.34. The van der Waals surface area contributed by atoms with Gasteiger partial charge in [0.25, 0.3) is 0 Å². The summed E-state index contributed by atoms with van der Waals surface area (Å²) in [6.45, 7) is 0. The van der Waals surface area contributed by atoms with Crippen LogP contribution in [0, 0.1) is 0 Å². The van der Waals surface area contributed by atoms with Crippen molar-refractivity contribution < 1.29 is 26.3 Å². The molecule has 1 aliphatic carbocycles. The molecule has 0 unspecified atom stereocenters. The van der Waals surface area contributed by atoms with Crippen LogP contribution in [-0.2, 0) is 6.18 Å². The fraction of sp³-hybridized carbons (Fsp3) is 0.556. The van der Waals surface area contributed by atoms with Gasteiger partial charge in [-0.1, -0.05) is 0 Å². The lowest BCUT2D eigenvalue weighted by atomic mass is 10.2. The second-order valence-electron chi connectivity index (χ2n) is 4.31. The smallest absolute Gasteiger partial charge is 0.356 e. The Morgan fingerprint density at radius 2 is 1.60 bits per heavy atom. The van der Waals surface area contributed by atoms with Crippen LogP contribution >= 0.6 is 0 Å². The lowest BCUT2D eigenvalue weighted by molar-refractivity contribution is -0.151. The third kappa shape index (κ3) is 2.71. The van der Waals surface area contributed by atoms with Gasteiger partial charge in [0.1, 0.15) is 17.2 Å². The van der Waals surface area contributed by atoms with E-state index in [2.05, 4.69) is 9.97 Å². The van der Waals surface area contributed by atoms with Crippen molar-refractivity contribution in [3.63, 3.8) is 0 Å². The monoisotopic (exact) mass is 301 g/mol. The van der Waals surface area contributed by atoms with Gasteiger partial charge in [0.2, 0.25) is 5.82 Å². The third-order valence-corrected chi connectivity index (χ3v) is 2.79. The molecule has 1 aromatic rings. The van der Waals surface area contributed by atoms with E-state index in [1.54, 1.807) is 0 Å². The van der Waals surface area contributed by atoms with Crippen LogP contribution in [0.15, 0.2) is 6.07 Å². The summed E-state index contributed by atoms with van der Waals surface area (Å²) in [5, 5.41) is 1.98. The van der Waals surface area contributed by atoms with Crippen molar-refractivity contribution in [2.75, 3.05) is 10.7 Å². The summed E-state index contributed by atoms with van der Waals surface area (Å²) in [5.41, 5.74) is -0.374. The molecule has 1 fully saturated rings. The van der Waals surface area contributed by atoms with Crippen molar-refractivity contribution in [3.05, 3.63) is 11.9 Å². The summed E-state index contributed by atoms with van der Waals surface area (Å²) in [7, 11) is 0. The van der Waals surface area contributed by atoms with Gasteiger partial charge in [0.05, 0.1) is 0 Å². The highest BCUT2D eigenvalue weighted by atomic mass is 19.4. The Morgan fingerprint density at radius 3 is 2.00 bits per heavy atom. The van der Waals surface area contributed by atoms with Gasteiger partial charge in [0, 0.05) is 6.07 Å². The largest absolute Gasteiger partial charge is 0.451 e. The van der Waals surface area contributed by atoms with E-state index in [0.717, 1.165) is 6.07 Å². The Labute approximate surface area is 108 Å². The first-order chi connectivity index (χ1) is 9.07. The van der Waals surface area contributed by atoms with Crippen LogP contribution in [0.5, 0.6) is 0 Å². The van der Waals surface area contributed by atoms with Crippen molar-refractivity contribution in [1.29, 1.82) is 0 Å². The molecule has 0 atom stereocenters. The Morgan fingerprint density at radius 1 is 1.05 bits per heavy atom. The van der Waals surface area contributed by atoms with Gasteiger partial charge < -0.3 is 10.7 Å². The maximum Gasteiger partial charge on any atom is 0.451 e. The summed E-state index contributed by atoms with van der Waals surface area (Å²) >= 11 is 0. The molecule has 1 aromatic heterocycles. The average Bonchev–Trinajstić information content (AvgIpc) is 3.07. The zero-order valence-corrected chi connectivity index (χ0v) is 9.73. The molecule has 0 saturated heterocycles. The number of hydrazine groups is 1. The molecule has 0 aliphatic heterocycles. The van der Waals surface area contributed by atoms with Crippen LogP contribution in [0.2, 0.25) is 0 Å². The highest BCUT2D eigenvalue weighted by Gasteiger charge is 2.63. The summed E-state index contributed by atoms with van der Waals surface area (Å²) in [4.78, 5) is 6.09. The number of alkyl halides is 6. The quantitative estimate of drug-likeness (QED) is 0.454. The number of hydrogen-bond donors (Lipinski definition) is 3. The maximum absolute atomic E-state index is 12.7. The van der Waals surface area contributed by atoms with Crippen LogP contribution in [0.3, 0.4) is 0 Å². The van der Waals surface area contributed by atoms with Crippen LogP contribution < -0.4 is 16.6 Å². The Hall–Kier alpha value is -1.78. The molecule has 20 heavy (non-hydrogen) atoms. The average molecular weight is 301 g/mol. The summed E-state index contributed by atoms with van der Waals surface area (Å²) in [6, 6.07) is 0.876. The molecule has 4 N–H and O–H groups in total. The second kappa shape index (κ2) is 4.36. The molecule has 0 radical (unpaired) electrons. The molecule has 1 aliphatic rings. The molecule has 1 heterocycles. The Kier molecular flexibility index (Phi) is 3.19. The van der Waals surface area contributed by atoms with Crippen LogP contribution in [0.1, 0.15) is 18.7 Å². The number of hydrogen-bond acceptors (Lipinski definition) is 5. The molecule has 0 aromatic carbocycles. The van der Waals surface area contributed by atoms with E-state index in [1.807, 2.05) is 10.7 Å². The van der Waals surface area contributed by atoms with E-state index >= 15 is 0 Å². The highest BCUT2D eigenvalue weighted by Crippen LogP contribution is 2.51. The number of halogens is 6. The van der Waals surface area contributed by atoms with Gasteiger partial charge in [-0.15, -0.1) is 0 Å². The second-order valence-corrected chi connectivity index (χ2v) is 4.31. The topological polar surface area (TPSA) is 75.9 Å². The first kappa shape index (κ1) is 14.6. The number of rotatable bonds is 3. The van der Waals surface area contributed by atoms with Crippen LogP contribution in [0.4, 0.5) is 38.0 Å². The van der Waals surface area contributed by atoms with Crippen molar-refractivity contribution >= 4 is 11.6 Å². The fourth-order valence-corrected chi connectivity index (χ4v) is 1.56. The zero-order valence-electron chi connectivity index (χ0n) is 9.73. The maximum atomic E-state index is 12.7. The normalized spacial score (nSPS) is 17.8. The number of anilines is 2. The molecular formula is C9H9F6N5. The van der Waals surface area contributed by atoms with Gasteiger partial charge >= 0.3 is 12.4 Å². The van der Waals surface area contributed by atoms with Crippen molar-refractivity contribution in [2.45, 2.75) is 30.7 Å². The number of aromatic nitrogens is 2. The third-order valence-electron chi connectivity index (χ3n) is 2.79. The number of nitrogen functional groups attached to an aromatic ring is 1. The van der Waals surface area contributed by atoms with E-state index in [4.69, 9.17) is 5.84 Å². The van der Waals surface area contributed by atoms with Crippen molar-refractivity contribution in [2.24, 2.45) is 5.84 Å². The molecule has 1 saturated carbocycles. The Balaban J connectivity index is 2.33. The zero-order chi connectivity index (χ0) is 15.2. The SMILES string of the molecule is NNc1cc(NC2(C(F)(F)F)CC2)nc(C(F)(F)F)n1. The van der Waals surface area contributed by atoms with Gasteiger partial charge in [-0.3, -0.25) is 0 Å². The summed E-state index contributed by atoms with van der Waals surface area (Å²) in [6.07, 6.45) is -9.93. The number of nitrogens with zero attached hydrogens (tertiary/aromatic N) is 2. The minimum absolute atomic E-state index is 0.229. The Bertz CT molecular complexity index is 507. The molecule has 2 rings (SSSR count). The predicted octanol–water partition coefficient (Wildman–Crippen LogP) is 2.29.